The predicted molar refractivity (Wildman–Crippen MR) is 119 cm³/mol. The van der Waals surface area contributed by atoms with Crippen LogP contribution in [0.3, 0.4) is 0 Å². The maximum Gasteiger partial charge on any atom is 0.315 e. The molecule has 0 spiro atoms. The van der Waals surface area contributed by atoms with Gasteiger partial charge in [0.25, 0.3) is 5.56 Å². The number of urea groups is 1. The fourth-order valence-electron chi connectivity index (χ4n) is 5.09. The first-order valence-electron chi connectivity index (χ1n) is 12.1. The molecule has 1 unspecified atom stereocenters. The monoisotopic (exact) mass is 431 g/mol. The van der Waals surface area contributed by atoms with Gasteiger partial charge in [0.05, 0.1) is 25.5 Å². The Bertz CT molecular complexity index is 788. The van der Waals surface area contributed by atoms with Crippen LogP contribution in [0.15, 0.2) is 10.9 Å². The van der Waals surface area contributed by atoms with E-state index >= 15 is 0 Å². The normalized spacial score (nSPS) is 23.0. The van der Waals surface area contributed by atoms with E-state index < -0.39 is 0 Å². The molecule has 0 aromatic carbocycles. The number of fused-ring (bicyclic) bond motifs is 1. The minimum absolute atomic E-state index is 0.0350. The molecule has 4 rings (SSSR count). The number of likely N-dealkylation sites (tertiary alicyclic amines) is 1. The van der Waals surface area contributed by atoms with E-state index in [2.05, 4.69) is 20.6 Å². The SMILES string of the molecule is O=C(NCC1CCCCN1CCn1nc2c(cc1=O)COCC2)NC1CCCCCC1. The van der Waals surface area contributed by atoms with Gasteiger partial charge >= 0.3 is 6.03 Å². The topological polar surface area (TPSA) is 88.5 Å². The Kier molecular flexibility index (Phi) is 7.97. The quantitative estimate of drug-likeness (QED) is 0.674. The molecule has 1 aliphatic carbocycles. The first-order valence-corrected chi connectivity index (χ1v) is 12.1. The van der Waals surface area contributed by atoms with Gasteiger partial charge in [0.2, 0.25) is 0 Å². The standard InChI is InChI=1S/C23H37N5O3/c29-22-15-18-17-31-14-10-21(18)26-28(22)13-12-27-11-6-5-9-20(27)16-24-23(30)25-19-7-3-1-2-4-8-19/h15,19-20H,1-14,16-17H2,(H2,24,25,30). The molecule has 31 heavy (non-hydrogen) atoms. The molecule has 0 radical (unpaired) electrons. The lowest BCUT2D eigenvalue weighted by Gasteiger charge is -2.36. The molecule has 1 aromatic rings. The fraction of sp³-hybridized carbons (Fsp3) is 0.783. The maximum absolute atomic E-state index is 12.4. The van der Waals surface area contributed by atoms with Crippen molar-refractivity contribution in [2.24, 2.45) is 0 Å². The Morgan fingerprint density at radius 3 is 2.74 bits per heavy atom. The third-order valence-electron chi connectivity index (χ3n) is 6.94. The molecule has 1 atom stereocenters. The van der Waals surface area contributed by atoms with Crippen molar-refractivity contribution >= 4 is 6.03 Å². The molecule has 1 saturated heterocycles. The Hall–Kier alpha value is -1.93. The second-order valence-electron chi connectivity index (χ2n) is 9.21. The summed E-state index contributed by atoms with van der Waals surface area (Å²) in [6.45, 7) is 4.17. The van der Waals surface area contributed by atoms with Crippen LogP contribution in [0.4, 0.5) is 4.79 Å². The van der Waals surface area contributed by atoms with Gasteiger partial charge in [-0.3, -0.25) is 9.69 Å². The van der Waals surface area contributed by atoms with Crippen molar-refractivity contribution in [1.29, 1.82) is 0 Å². The number of hydrogen-bond acceptors (Lipinski definition) is 5. The predicted octanol–water partition coefficient (Wildman–Crippen LogP) is 2.19. The zero-order valence-corrected chi connectivity index (χ0v) is 18.6. The Balaban J connectivity index is 1.27. The Morgan fingerprint density at radius 2 is 1.90 bits per heavy atom. The van der Waals surface area contributed by atoms with Crippen LogP contribution in [-0.4, -0.2) is 59.0 Å². The number of ether oxygens (including phenoxy) is 1. The number of hydrogen-bond donors (Lipinski definition) is 2. The average molecular weight is 432 g/mol. The minimum Gasteiger partial charge on any atom is -0.376 e. The number of rotatable bonds is 6. The van der Waals surface area contributed by atoms with Crippen LogP contribution in [0.25, 0.3) is 0 Å². The highest BCUT2D eigenvalue weighted by atomic mass is 16.5. The molecule has 3 aliphatic rings. The third-order valence-corrected chi connectivity index (χ3v) is 6.94. The van der Waals surface area contributed by atoms with Crippen molar-refractivity contribution in [2.75, 3.05) is 26.2 Å². The molecular formula is C23H37N5O3. The number of nitrogens with one attached hydrogen (secondary N) is 2. The number of aromatic nitrogens is 2. The molecule has 2 fully saturated rings. The highest BCUT2D eigenvalue weighted by Crippen LogP contribution is 2.18. The summed E-state index contributed by atoms with van der Waals surface area (Å²) in [5.41, 5.74) is 1.85. The fourth-order valence-corrected chi connectivity index (χ4v) is 5.09. The number of piperidine rings is 1. The van der Waals surface area contributed by atoms with E-state index in [-0.39, 0.29) is 11.6 Å². The van der Waals surface area contributed by atoms with E-state index in [0.717, 1.165) is 56.5 Å². The Morgan fingerprint density at radius 1 is 1.10 bits per heavy atom. The van der Waals surface area contributed by atoms with Gasteiger partial charge in [0.1, 0.15) is 0 Å². The van der Waals surface area contributed by atoms with Gasteiger partial charge in [-0.2, -0.15) is 5.10 Å². The van der Waals surface area contributed by atoms with E-state index in [4.69, 9.17) is 4.74 Å². The van der Waals surface area contributed by atoms with E-state index in [1.54, 1.807) is 10.7 Å². The van der Waals surface area contributed by atoms with Gasteiger partial charge < -0.3 is 15.4 Å². The number of carbonyl (C=O) groups is 1. The summed E-state index contributed by atoms with van der Waals surface area (Å²) in [6.07, 6.45) is 11.4. The number of carbonyl (C=O) groups excluding carboxylic acids is 1. The van der Waals surface area contributed by atoms with E-state index in [1.165, 1.54) is 32.1 Å². The van der Waals surface area contributed by atoms with Crippen LogP contribution in [0.5, 0.6) is 0 Å². The van der Waals surface area contributed by atoms with Crippen molar-refractivity contribution in [3.63, 3.8) is 0 Å². The van der Waals surface area contributed by atoms with Crippen LogP contribution < -0.4 is 16.2 Å². The second-order valence-corrected chi connectivity index (χ2v) is 9.21. The number of amides is 2. The highest BCUT2D eigenvalue weighted by Gasteiger charge is 2.24. The maximum atomic E-state index is 12.4. The van der Waals surface area contributed by atoms with Crippen LogP contribution in [-0.2, 0) is 24.3 Å². The van der Waals surface area contributed by atoms with Gasteiger partial charge in [-0.1, -0.05) is 32.1 Å². The average Bonchev–Trinajstić information content (AvgIpc) is 3.05. The third kappa shape index (κ3) is 6.29. The molecule has 0 bridgehead atoms. The summed E-state index contributed by atoms with van der Waals surface area (Å²) >= 11 is 0. The first kappa shape index (κ1) is 22.3. The van der Waals surface area contributed by atoms with Crippen LogP contribution >= 0.6 is 0 Å². The van der Waals surface area contributed by atoms with Crippen LogP contribution in [0.1, 0.15) is 69.0 Å². The van der Waals surface area contributed by atoms with Gasteiger partial charge in [-0.05, 0) is 32.2 Å². The molecule has 1 aromatic heterocycles. The van der Waals surface area contributed by atoms with Crippen molar-refractivity contribution in [3.05, 3.63) is 27.7 Å². The zero-order chi connectivity index (χ0) is 21.5. The van der Waals surface area contributed by atoms with Gasteiger partial charge in [0, 0.05) is 43.2 Å². The van der Waals surface area contributed by atoms with E-state index in [1.807, 2.05) is 0 Å². The van der Waals surface area contributed by atoms with Crippen molar-refractivity contribution in [3.8, 4) is 0 Å². The number of nitrogens with zero attached hydrogens (tertiary/aromatic N) is 3. The highest BCUT2D eigenvalue weighted by molar-refractivity contribution is 5.74. The van der Waals surface area contributed by atoms with Gasteiger partial charge in [0.15, 0.2) is 0 Å². The molecular weight excluding hydrogens is 394 g/mol. The van der Waals surface area contributed by atoms with Crippen molar-refractivity contribution < 1.29 is 9.53 Å². The summed E-state index contributed by atoms with van der Waals surface area (Å²) in [7, 11) is 0. The van der Waals surface area contributed by atoms with E-state index in [9.17, 15) is 9.59 Å². The molecule has 3 heterocycles. The Labute approximate surface area is 184 Å². The molecule has 172 valence electrons. The molecule has 2 N–H and O–H groups in total. The lowest BCUT2D eigenvalue weighted by atomic mass is 10.0. The summed E-state index contributed by atoms with van der Waals surface area (Å²) < 4.78 is 7.02. The smallest absolute Gasteiger partial charge is 0.315 e. The van der Waals surface area contributed by atoms with Gasteiger partial charge in [-0.15, -0.1) is 0 Å². The van der Waals surface area contributed by atoms with Crippen molar-refractivity contribution in [2.45, 2.75) is 89.4 Å². The van der Waals surface area contributed by atoms with Gasteiger partial charge in [-0.25, -0.2) is 9.48 Å². The summed E-state index contributed by atoms with van der Waals surface area (Å²) in [5.74, 6) is 0. The summed E-state index contributed by atoms with van der Waals surface area (Å²) in [4.78, 5) is 27.3. The largest absolute Gasteiger partial charge is 0.376 e. The first-order chi connectivity index (χ1) is 15.2. The molecule has 2 aliphatic heterocycles. The minimum atomic E-state index is -0.0567. The van der Waals surface area contributed by atoms with Crippen LogP contribution in [0.2, 0.25) is 0 Å². The zero-order valence-electron chi connectivity index (χ0n) is 18.6. The second kappa shape index (κ2) is 11.1. The molecule has 1 saturated carbocycles. The van der Waals surface area contributed by atoms with Crippen LogP contribution in [0, 0.1) is 0 Å². The van der Waals surface area contributed by atoms with E-state index in [0.29, 0.717) is 38.4 Å². The summed E-state index contributed by atoms with van der Waals surface area (Å²) in [6, 6.07) is 2.27. The molecule has 8 nitrogen and oxygen atoms in total. The lowest BCUT2D eigenvalue weighted by Crippen LogP contribution is -2.51. The van der Waals surface area contributed by atoms with Crippen molar-refractivity contribution in [1.82, 2.24) is 25.3 Å². The summed E-state index contributed by atoms with van der Waals surface area (Å²) in [5, 5.41) is 10.9. The molecule has 8 heteroatoms. The lowest BCUT2D eigenvalue weighted by molar-refractivity contribution is 0.107. The molecule has 2 amide bonds.